The van der Waals surface area contributed by atoms with Crippen molar-refractivity contribution in [2.75, 3.05) is 5.32 Å². The molecule has 0 aromatic carbocycles. The van der Waals surface area contributed by atoms with Crippen molar-refractivity contribution in [3.05, 3.63) is 60.4 Å². The van der Waals surface area contributed by atoms with Gasteiger partial charge in [-0.1, -0.05) is 6.07 Å². The number of aliphatic carboxylic acids is 1. The summed E-state index contributed by atoms with van der Waals surface area (Å²) in [4.78, 5) is 22.3. The highest BCUT2D eigenvalue weighted by Gasteiger charge is 2.38. The first-order chi connectivity index (χ1) is 14.6. The number of pyridine rings is 1. The third kappa shape index (κ3) is 5.56. The number of hydrogen-bond donors (Lipinski definition) is 2. The van der Waals surface area contributed by atoms with Crippen LogP contribution in [0.5, 0.6) is 0 Å². The summed E-state index contributed by atoms with van der Waals surface area (Å²) >= 11 is 0. The summed E-state index contributed by atoms with van der Waals surface area (Å²) in [6.45, 7) is 2.54. The van der Waals surface area contributed by atoms with Gasteiger partial charge in [0.25, 0.3) is 0 Å². The van der Waals surface area contributed by atoms with Crippen LogP contribution in [0.15, 0.2) is 49.1 Å². The monoisotopic (exact) mass is 433 g/mol. The van der Waals surface area contributed by atoms with E-state index in [1.807, 2.05) is 61.2 Å². The molecule has 0 amide bonds. The van der Waals surface area contributed by atoms with Crippen molar-refractivity contribution >= 4 is 17.6 Å². The standard InChI is InChI=1S/C17H17N7.C2HF3O2/c1-12-14(11-23(2)22-12)15-6-7-18-17(21-15)19-9-13-10-24-8-4-3-5-16(24)20-13;3-2(4,5)1(6)7/h3-8,10-11H,9H2,1-2H3,(H,18,19,21);(H,6,7). The molecule has 0 radical (unpaired) electrons. The molecule has 0 atom stereocenters. The van der Waals surface area contributed by atoms with E-state index in [-0.39, 0.29) is 0 Å². The Labute approximate surface area is 174 Å². The number of carbonyl (C=O) groups is 1. The van der Waals surface area contributed by atoms with Gasteiger partial charge >= 0.3 is 12.1 Å². The normalized spacial score (nSPS) is 11.1. The van der Waals surface area contributed by atoms with Gasteiger partial charge in [-0.15, -0.1) is 0 Å². The second-order valence-corrected chi connectivity index (χ2v) is 6.42. The molecule has 4 aromatic rings. The van der Waals surface area contributed by atoms with Crippen LogP contribution in [0.25, 0.3) is 16.9 Å². The Morgan fingerprint density at radius 1 is 1.19 bits per heavy atom. The number of fused-ring (bicyclic) bond motifs is 1. The number of aromatic nitrogens is 6. The highest BCUT2D eigenvalue weighted by Crippen LogP contribution is 2.20. The van der Waals surface area contributed by atoms with Gasteiger partial charge in [-0.3, -0.25) is 4.68 Å². The maximum Gasteiger partial charge on any atom is 0.490 e. The molecule has 162 valence electrons. The molecular formula is C19H18F3N7O2. The van der Waals surface area contributed by atoms with Crippen molar-refractivity contribution in [3.8, 4) is 11.3 Å². The van der Waals surface area contributed by atoms with Crippen LogP contribution >= 0.6 is 0 Å². The summed E-state index contributed by atoms with van der Waals surface area (Å²) in [5.74, 6) is -2.18. The van der Waals surface area contributed by atoms with E-state index in [0.29, 0.717) is 12.5 Å². The zero-order chi connectivity index (χ0) is 22.6. The number of carboxylic acids is 1. The number of rotatable bonds is 4. The van der Waals surface area contributed by atoms with Crippen LogP contribution in [-0.4, -0.2) is 46.4 Å². The summed E-state index contributed by atoms with van der Waals surface area (Å²) in [5.41, 5.74) is 4.67. The van der Waals surface area contributed by atoms with E-state index >= 15 is 0 Å². The lowest BCUT2D eigenvalue weighted by atomic mass is 10.2. The molecule has 4 heterocycles. The SMILES string of the molecule is Cc1nn(C)cc1-c1ccnc(NCc2cn3ccccc3n2)n1.O=C(O)C(F)(F)F. The van der Waals surface area contributed by atoms with Crippen LogP contribution in [0.3, 0.4) is 0 Å². The molecule has 0 aliphatic rings. The van der Waals surface area contributed by atoms with Gasteiger partial charge in [0, 0.05) is 37.4 Å². The first-order valence-corrected chi connectivity index (χ1v) is 8.94. The van der Waals surface area contributed by atoms with E-state index in [1.165, 1.54) is 0 Å². The van der Waals surface area contributed by atoms with Crippen molar-refractivity contribution in [2.24, 2.45) is 7.05 Å². The Morgan fingerprint density at radius 3 is 2.55 bits per heavy atom. The average Bonchev–Trinajstić information content (AvgIpc) is 3.28. The summed E-state index contributed by atoms with van der Waals surface area (Å²) in [5, 5.41) is 14.7. The average molecular weight is 433 g/mol. The molecule has 0 saturated carbocycles. The van der Waals surface area contributed by atoms with Crippen molar-refractivity contribution in [1.29, 1.82) is 0 Å². The maximum absolute atomic E-state index is 10.6. The molecule has 0 unspecified atom stereocenters. The molecular weight excluding hydrogens is 415 g/mol. The van der Waals surface area contributed by atoms with Gasteiger partial charge in [-0.2, -0.15) is 18.3 Å². The van der Waals surface area contributed by atoms with Gasteiger partial charge in [0.15, 0.2) is 0 Å². The van der Waals surface area contributed by atoms with Crippen LogP contribution in [0.4, 0.5) is 19.1 Å². The van der Waals surface area contributed by atoms with Gasteiger partial charge in [-0.25, -0.2) is 19.7 Å². The fraction of sp³-hybridized carbons (Fsp3) is 0.211. The molecule has 0 spiro atoms. The molecule has 0 aliphatic carbocycles. The van der Waals surface area contributed by atoms with Crippen LogP contribution in [0.1, 0.15) is 11.4 Å². The van der Waals surface area contributed by atoms with E-state index in [0.717, 1.165) is 28.3 Å². The Balaban J connectivity index is 0.000000339. The minimum Gasteiger partial charge on any atom is -0.475 e. The second kappa shape index (κ2) is 8.81. The number of carboxylic acid groups (broad SMARTS) is 1. The number of anilines is 1. The lowest BCUT2D eigenvalue weighted by Crippen LogP contribution is -2.21. The third-order valence-corrected chi connectivity index (χ3v) is 4.03. The minimum atomic E-state index is -5.08. The van der Waals surface area contributed by atoms with Gasteiger partial charge < -0.3 is 14.8 Å². The highest BCUT2D eigenvalue weighted by molar-refractivity contribution is 5.73. The molecule has 4 aromatic heterocycles. The van der Waals surface area contributed by atoms with E-state index < -0.39 is 12.1 Å². The number of alkyl halides is 3. The van der Waals surface area contributed by atoms with Crippen molar-refractivity contribution in [1.82, 2.24) is 29.1 Å². The molecule has 9 nitrogen and oxygen atoms in total. The third-order valence-electron chi connectivity index (χ3n) is 4.03. The number of nitrogens with zero attached hydrogens (tertiary/aromatic N) is 6. The molecule has 4 rings (SSSR count). The van der Waals surface area contributed by atoms with Crippen molar-refractivity contribution in [2.45, 2.75) is 19.6 Å². The summed E-state index contributed by atoms with van der Waals surface area (Å²) in [7, 11) is 1.90. The fourth-order valence-electron chi connectivity index (χ4n) is 2.69. The minimum absolute atomic E-state index is 0.567. The lowest BCUT2D eigenvalue weighted by Gasteiger charge is -2.04. The summed E-state index contributed by atoms with van der Waals surface area (Å²) < 4.78 is 35.5. The molecule has 2 N–H and O–H groups in total. The number of hydrogen-bond acceptors (Lipinski definition) is 6. The predicted octanol–water partition coefficient (Wildman–Crippen LogP) is 3.08. The number of aryl methyl sites for hydroxylation is 2. The number of imidazole rings is 1. The maximum atomic E-state index is 10.6. The Hall–Kier alpha value is -3.96. The van der Waals surface area contributed by atoms with Crippen LogP contribution in [0.2, 0.25) is 0 Å². The topological polar surface area (TPSA) is 110 Å². The van der Waals surface area contributed by atoms with Crippen LogP contribution in [0, 0.1) is 6.92 Å². The van der Waals surface area contributed by atoms with Gasteiger partial charge in [0.2, 0.25) is 5.95 Å². The van der Waals surface area contributed by atoms with E-state index in [4.69, 9.17) is 9.90 Å². The second-order valence-electron chi connectivity index (χ2n) is 6.42. The molecule has 0 fully saturated rings. The van der Waals surface area contributed by atoms with Crippen LogP contribution in [-0.2, 0) is 18.4 Å². The predicted molar refractivity (Wildman–Crippen MR) is 105 cm³/mol. The zero-order valence-corrected chi connectivity index (χ0v) is 16.5. The Morgan fingerprint density at radius 2 is 1.94 bits per heavy atom. The van der Waals surface area contributed by atoms with Crippen LogP contribution < -0.4 is 5.32 Å². The molecule has 0 saturated heterocycles. The van der Waals surface area contributed by atoms with E-state index in [9.17, 15) is 13.2 Å². The molecule has 31 heavy (non-hydrogen) atoms. The molecule has 0 aliphatic heterocycles. The molecule has 0 bridgehead atoms. The van der Waals surface area contributed by atoms with E-state index in [2.05, 4.69) is 25.4 Å². The Bertz CT molecular complexity index is 1170. The quantitative estimate of drug-likeness (QED) is 0.509. The lowest BCUT2D eigenvalue weighted by molar-refractivity contribution is -0.192. The number of nitrogens with one attached hydrogen (secondary N) is 1. The first kappa shape index (κ1) is 21.7. The van der Waals surface area contributed by atoms with Crippen molar-refractivity contribution in [3.63, 3.8) is 0 Å². The Kier molecular flexibility index (Phi) is 6.18. The highest BCUT2D eigenvalue weighted by atomic mass is 19.4. The number of halogens is 3. The van der Waals surface area contributed by atoms with Gasteiger partial charge in [0.05, 0.1) is 23.6 Å². The van der Waals surface area contributed by atoms with Gasteiger partial charge in [-0.05, 0) is 25.1 Å². The smallest absolute Gasteiger partial charge is 0.475 e. The fourth-order valence-corrected chi connectivity index (χ4v) is 2.69. The largest absolute Gasteiger partial charge is 0.490 e. The zero-order valence-electron chi connectivity index (χ0n) is 16.5. The summed E-state index contributed by atoms with van der Waals surface area (Å²) in [6, 6.07) is 7.82. The molecule has 12 heteroatoms. The summed E-state index contributed by atoms with van der Waals surface area (Å²) in [6.07, 6.45) is 2.61. The van der Waals surface area contributed by atoms with Gasteiger partial charge in [0.1, 0.15) is 5.65 Å². The van der Waals surface area contributed by atoms with E-state index in [1.54, 1.807) is 10.9 Å². The van der Waals surface area contributed by atoms with Crippen molar-refractivity contribution < 1.29 is 23.1 Å². The first-order valence-electron chi connectivity index (χ1n) is 8.94.